The molecule has 8 nitrogen and oxygen atoms in total. The second-order valence-corrected chi connectivity index (χ2v) is 11.5. The molecule has 1 saturated heterocycles. The molecule has 6 rings (SSSR count). The molecule has 0 N–H and O–H groups in total. The number of rotatable bonds is 10. The highest BCUT2D eigenvalue weighted by Gasteiger charge is 2.44. The first kappa shape index (κ1) is 26.5. The summed E-state index contributed by atoms with van der Waals surface area (Å²) in [6.07, 6.45) is 6.67. The van der Waals surface area contributed by atoms with Crippen molar-refractivity contribution in [1.82, 2.24) is 25.4 Å². The Bertz CT molecular complexity index is 1370. The van der Waals surface area contributed by atoms with Gasteiger partial charge < -0.3 is 4.90 Å². The average Bonchev–Trinajstić information content (AvgIpc) is 3.79. The van der Waals surface area contributed by atoms with Crippen molar-refractivity contribution < 1.29 is 18.4 Å². The summed E-state index contributed by atoms with van der Waals surface area (Å²) in [5.41, 5.74) is 3.78. The Hall–Kier alpha value is -3.69. The fourth-order valence-electron chi connectivity index (χ4n) is 5.70. The Morgan fingerprint density at radius 2 is 1.40 bits per heavy atom. The molecule has 1 aliphatic heterocycles. The van der Waals surface area contributed by atoms with Gasteiger partial charge in [0.1, 0.15) is 17.4 Å². The molecule has 40 heavy (non-hydrogen) atoms. The first-order chi connectivity index (χ1) is 19.3. The van der Waals surface area contributed by atoms with E-state index in [1.807, 2.05) is 24.3 Å². The van der Waals surface area contributed by atoms with Gasteiger partial charge in [-0.25, -0.2) is 13.8 Å². The molecule has 208 valence electrons. The number of alkyl halides is 2. The maximum absolute atomic E-state index is 13.2. The van der Waals surface area contributed by atoms with Crippen molar-refractivity contribution in [2.75, 3.05) is 18.0 Å². The molecule has 3 aromatic heterocycles. The second-order valence-electron chi connectivity index (χ2n) is 11.5. The second kappa shape index (κ2) is 11.1. The number of hydrogen-bond donors (Lipinski definition) is 0. The van der Waals surface area contributed by atoms with Gasteiger partial charge >= 0.3 is 0 Å². The van der Waals surface area contributed by atoms with Crippen LogP contribution in [0.4, 0.5) is 14.6 Å². The fraction of sp³-hybridized carbons (Fsp3) is 0.500. The van der Waals surface area contributed by atoms with Gasteiger partial charge in [-0.1, -0.05) is 12.5 Å². The molecule has 2 aliphatic carbocycles. The van der Waals surface area contributed by atoms with E-state index >= 15 is 0 Å². The number of aromatic nitrogens is 5. The van der Waals surface area contributed by atoms with Crippen molar-refractivity contribution in [3.63, 3.8) is 0 Å². The predicted octanol–water partition coefficient (Wildman–Crippen LogP) is 4.43. The van der Waals surface area contributed by atoms with Crippen LogP contribution in [0.2, 0.25) is 0 Å². The lowest BCUT2D eigenvalue weighted by molar-refractivity contribution is -0.120. The zero-order valence-corrected chi connectivity index (χ0v) is 22.3. The van der Waals surface area contributed by atoms with E-state index in [1.165, 1.54) is 4.90 Å². The number of ketones is 2. The summed E-state index contributed by atoms with van der Waals surface area (Å²) < 4.78 is 26.4. The molecule has 0 bridgehead atoms. The lowest BCUT2D eigenvalue weighted by Gasteiger charge is -2.39. The van der Waals surface area contributed by atoms with E-state index in [0.717, 1.165) is 55.6 Å². The van der Waals surface area contributed by atoms with Gasteiger partial charge in [-0.2, -0.15) is 20.4 Å². The van der Waals surface area contributed by atoms with Crippen molar-refractivity contribution in [2.24, 2.45) is 5.92 Å². The molecule has 4 heterocycles. The first-order valence-corrected chi connectivity index (χ1v) is 14.1. The maximum Gasteiger partial charge on any atom is 0.282 e. The molecular formula is C30H32F2N6O2. The van der Waals surface area contributed by atoms with E-state index in [0.29, 0.717) is 23.6 Å². The van der Waals surface area contributed by atoms with Crippen LogP contribution in [-0.4, -0.2) is 56.0 Å². The predicted molar refractivity (Wildman–Crippen MR) is 143 cm³/mol. The van der Waals surface area contributed by atoms with Crippen molar-refractivity contribution in [3.05, 3.63) is 70.9 Å². The number of anilines is 1. The summed E-state index contributed by atoms with van der Waals surface area (Å²) in [7, 11) is 0. The number of hydrogen-bond acceptors (Lipinski definition) is 8. The summed E-state index contributed by atoms with van der Waals surface area (Å²) >= 11 is 0. The number of pyridine rings is 1. The Labute approximate surface area is 231 Å². The van der Waals surface area contributed by atoms with Crippen LogP contribution >= 0.6 is 0 Å². The first-order valence-electron chi connectivity index (χ1n) is 14.1. The molecule has 10 heteroatoms. The number of nitrogens with zero attached hydrogens (tertiary/aromatic N) is 6. The quantitative estimate of drug-likeness (QED) is 0.368. The summed E-state index contributed by atoms with van der Waals surface area (Å²) in [4.78, 5) is 30.6. The number of carbonyl (C=O) groups excluding carboxylic acids is 2. The SMILES string of the molecule is O=C(Cc1ccc([C@H]2CCC[C@H](c3ccc(CC(=O)C4CC4)nn3)C2)nn1)Cc1cccc(N2CC(F)(F)C2)n1. The van der Waals surface area contributed by atoms with E-state index in [4.69, 9.17) is 0 Å². The number of carbonyl (C=O) groups is 2. The molecule has 0 spiro atoms. The van der Waals surface area contributed by atoms with Gasteiger partial charge in [0.2, 0.25) is 0 Å². The summed E-state index contributed by atoms with van der Waals surface area (Å²) in [6.45, 7) is -0.688. The van der Waals surface area contributed by atoms with Gasteiger partial charge in [-0.3, -0.25) is 9.59 Å². The van der Waals surface area contributed by atoms with Gasteiger partial charge in [0.05, 0.1) is 54.4 Å². The van der Waals surface area contributed by atoms with E-state index in [9.17, 15) is 18.4 Å². The smallest absolute Gasteiger partial charge is 0.282 e. The average molecular weight is 547 g/mol. The van der Waals surface area contributed by atoms with Crippen LogP contribution in [-0.2, 0) is 28.9 Å². The molecule has 3 aliphatic rings. The lowest BCUT2D eigenvalue weighted by atomic mass is 9.78. The van der Waals surface area contributed by atoms with E-state index < -0.39 is 5.92 Å². The van der Waals surface area contributed by atoms with Crippen molar-refractivity contribution in [2.45, 2.75) is 75.5 Å². The standard InChI is InChI=1S/C30H32F2N6O2/c31-30(32)17-38(18-30)29-6-2-5-22(33-29)14-25(39)15-23-9-11-26(36-34-23)20-3-1-4-21(13-20)27-12-10-24(35-37-27)16-28(40)19-7-8-19/h2,5-6,9-12,19-21H,1,3-4,7-8,13-18H2/t20-,21-/m0/s1. The fourth-order valence-corrected chi connectivity index (χ4v) is 5.70. The highest BCUT2D eigenvalue weighted by atomic mass is 19.3. The molecule has 3 fully saturated rings. The molecule has 0 radical (unpaired) electrons. The van der Waals surface area contributed by atoms with E-state index in [2.05, 4.69) is 25.4 Å². The van der Waals surface area contributed by atoms with Gasteiger partial charge in [-0.05, 0) is 68.5 Å². The van der Waals surface area contributed by atoms with Crippen LogP contribution in [0.1, 0.15) is 78.8 Å². The molecule has 0 amide bonds. The normalized spacial score (nSPS) is 22.0. The van der Waals surface area contributed by atoms with Crippen LogP contribution in [0.15, 0.2) is 42.5 Å². The third kappa shape index (κ3) is 6.37. The summed E-state index contributed by atoms with van der Waals surface area (Å²) in [5, 5.41) is 17.6. The lowest BCUT2D eigenvalue weighted by Crippen LogP contribution is -2.56. The number of halogens is 2. The van der Waals surface area contributed by atoms with Gasteiger partial charge in [0.15, 0.2) is 0 Å². The van der Waals surface area contributed by atoms with Gasteiger partial charge in [0.25, 0.3) is 5.92 Å². The van der Waals surface area contributed by atoms with Crippen LogP contribution in [0.3, 0.4) is 0 Å². The molecule has 0 unspecified atom stereocenters. The van der Waals surface area contributed by atoms with Crippen LogP contribution in [0, 0.1) is 5.92 Å². The highest BCUT2D eigenvalue weighted by Crippen LogP contribution is 2.40. The van der Waals surface area contributed by atoms with E-state index in [-0.39, 0.29) is 55.3 Å². The Morgan fingerprint density at radius 1 is 0.775 bits per heavy atom. The largest absolute Gasteiger partial charge is 0.344 e. The third-order valence-electron chi connectivity index (χ3n) is 8.10. The summed E-state index contributed by atoms with van der Waals surface area (Å²) in [5.74, 6) is -1.21. The zero-order chi connectivity index (χ0) is 27.7. The molecule has 0 aromatic carbocycles. The maximum atomic E-state index is 13.2. The van der Waals surface area contributed by atoms with Crippen molar-refractivity contribution in [3.8, 4) is 0 Å². The minimum Gasteiger partial charge on any atom is -0.344 e. The molecular weight excluding hydrogens is 514 g/mol. The Balaban J connectivity index is 1.02. The number of Topliss-reactive ketones (excluding diaryl/α,β-unsaturated/α-hetero) is 2. The zero-order valence-electron chi connectivity index (χ0n) is 22.3. The van der Waals surface area contributed by atoms with Crippen LogP contribution in [0.5, 0.6) is 0 Å². The van der Waals surface area contributed by atoms with Gasteiger partial charge in [0, 0.05) is 24.2 Å². The van der Waals surface area contributed by atoms with E-state index in [1.54, 1.807) is 18.2 Å². The topological polar surface area (TPSA) is 102 Å². The third-order valence-corrected chi connectivity index (χ3v) is 8.10. The minimum absolute atomic E-state index is 0.0563. The minimum atomic E-state index is -2.67. The molecule has 3 aromatic rings. The molecule has 2 saturated carbocycles. The Kier molecular flexibility index (Phi) is 7.33. The highest BCUT2D eigenvalue weighted by molar-refractivity contribution is 5.84. The monoisotopic (exact) mass is 546 g/mol. The van der Waals surface area contributed by atoms with Crippen LogP contribution < -0.4 is 4.90 Å². The van der Waals surface area contributed by atoms with Crippen molar-refractivity contribution >= 4 is 17.4 Å². The Morgan fingerprint density at radius 3 is 1.98 bits per heavy atom. The van der Waals surface area contributed by atoms with Gasteiger partial charge in [-0.15, -0.1) is 0 Å². The van der Waals surface area contributed by atoms with Crippen molar-refractivity contribution in [1.29, 1.82) is 0 Å². The molecule has 2 atom stereocenters. The van der Waals surface area contributed by atoms with Crippen LogP contribution in [0.25, 0.3) is 0 Å². The summed E-state index contributed by atoms with van der Waals surface area (Å²) in [6, 6.07) is 12.9.